The first-order valence-corrected chi connectivity index (χ1v) is 37.6. The number of thioether (sulfide) groups is 1. The fraction of sp³-hybridized carbons (Fsp3) is 0.684. The molecular weight excluding hydrogens is 1170 g/mol. The Morgan fingerprint density at radius 3 is 1.11 bits per heavy atom. The SMILES string of the molecule is CCCCCC/C=C\COC(=O)CCCCCCCN(Cc1ccc(CCCC(=O)OC/C=C\CCCCCC)cc1)C(=O)SCCN(C)C.CCCCCC/C=C\COC(=O)CCCCCCCNCc1ccc(CCCC(=O)OC/C=C\CCCCCC)cc1. The number of nitrogens with zero attached hydrogens (tertiary/aromatic N) is 2. The minimum absolute atomic E-state index is 0.0763. The van der Waals surface area contributed by atoms with Crippen molar-refractivity contribution in [2.45, 2.75) is 285 Å². The van der Waals surface area contributed by atoms with Gasteiger partial charge in [-0.25, -0.2) is 0 Å². The predicted octanol–water partition coefficient (Wildman–Crippen LogP) is 20.3. The molecular formula is C79H131N3O9S. The van der Waals surface area contributed by atoms with Crippen LogP contribution in [0, 0.1) is 0 Å². The van der Waals surface area contributed by atoms with Crippen molar-refractivity contribution >= 4 is 40.9 Å². The lowest BCUT2D eigenvalue weighted by atomic mass is 10.1. The van der Waals surface area contributed by atoms with Crippen molar-refractivity contribution in [1.29, 1.82) is 0 Å². The average Bonchev–Trinajstić information content (AvgIpc) is 2.68. The fourth-order valence-corrected chi connectivity index (χ4v) is 11.1. The molecule has 0 aliphatic rings. The highest BCUT2D eigenvalue weighted by Gasteiger charge is 2.15. The molecule has 13 heteroatoms. The highest BCUT2D eigenvalue weighted by Crippen LogP contribution is 2.18. The quantitative estimate of drug-likeness (QED) is 0.0292. The monoisotopic (exact) mass is 1300 g/mol. The van der Waals surface area contributed by atoms with E-state index in [1.165, 1.54) is 138 Å². The normalized spacial score (nSPS) is 11.5. The van der Waals surface area contributed by atoms with Gasteiger partial charge in [0.1, 0.15) is 26.4 Å². The molecule has 2 aromatic carbocycles. The first-order valence-electron chi connectivity index (χ1n) is 36.7. The standard InChI is InChI=1S/C42H70N2O5S.C37H61NO4/c1-5-7-9-11-13-18-22-34-48-40(45)26-20-16-15-17-21-32-44(42(47)50-36-33-43(3)4)37-39-30-28-38(29-31-39)25-24-27-41(46)49-35-23-19-14-12-10-8-6-2;1-3-5-7-9-11-16-20-31-41-36(39)24-18-14-13-15-19-30-38-33-35-28-26-34(27-29-35)23-22-25-37(40)42-32-21-17-12-10-8-6-4-2/h18-19,22-23,28-31H,5-17,20-21,24-27,32-37H2,1-4H3;16-17,20-21,26-29,38H,3-15,18-19,22-25,30-33H2,1-2H3/b22-18-,23-19-;20-16-,21-17-. The summed E-state index contributed by atoms with van der Waals surface area (Å²) >= 11 is 1.39. The van der Waals surface area contributed by atoms with Gasteiger partial charge in [-0.1, -0.05) is 252 Å². The van der Waals surface area contributed by atoms with Crippen LogP contribution in [0.3, 0.4) is 0 Å². The number of ether oxygens (including phenoxy) is 4. The number of rotatable bonds is 59. The highest BCUT2D eigenvalue weighted by molar-refractivity contribution is 8.13. The van der Waals surface area contributed by atoms with E-state index in [1.54, 1.807) is 0 Å². The Morgan fingerprint density at radius 2 is 0.717 bits per heavy atom. The van der Waals surface area contributed by atoms with E-state index >= 15 is 0 Å². The molecule has 0 heterocycles. The highest BCUT2D eigenvalue weighted by atomic mass is 32.2. The Hall–Kier alpha value is -4.98. The molecule has 1 N–H and O–H groups in total. The number of carbonyl (C=O) groups excluding carboxylic acids is 5. The van der Waals surface area contributed by atoms with Crippen LogP contribution in [0.15, 0.2) is 97.1 Å². The first-order chi connectivity index (χ1) is 45.0. The van der Waals surface area contributed by atoms with E-state index in [1.807, 2.05) is 43.3 Å². The van der Waals surface area contributed by atoms with E-state index in [0.29, 0.717) is 58.7 Å². The molecule has 12 nitrogen and oxygen atoms in total. The topological polar surface area (TPSA) is 141 Å². The van der Waals surface area contributed by atoms with E-state index in [4.69, 9.17) is 18.9 Å². The Bertz CT molecular complexity index is 2190. The van der Waals surface area contributed by atoms with Gasteiger partial charge in [0.15, 0.2) is 0 Å². The van der Waals surface area contributed by atoms with Gasteiger partial charge in [-0.3, -0.25) is 24.0 Å². The lowest BCUT2D eigenvalue weighted by Gasteiger charge is -2.23. The Kier molecular flexibility index (Phi) is 59.8. The molecule has 2 rings (SSSR count). The molecule has 1 amide bonds. The van der Waals surface area contributed by atoms with Gasteiger partial charge in [-0.2, -0.15) is 0 Å². The van der Waals surface area contributed by atoms with Gasteiger partial charge in [0.25, 0.3) is 5.24 Å². The molecule has 0 aliphatic heterocycles. The Balaban J connectivity index is 0.000000934. The van der Waals surface area contributed by atoms with Crippen molar-refractivity contribution in [2.24, 2.45) is 0 Å². The molecule has 0 atom stereocenters. The fourth-order valence-electron chi connectivity index (χ4n) is 10.1. The molecule has 0 fully saturated rings. The predicted molar refractivity (Wildman–Crippen MR) is 388 cm³/mol. The smallest absolute Gasteiger partial charge is 0.306 e. The van der Waals surface area contributed by atoms with Crippen molar-refractivity contribution in [3.63, 3.8) is 0 Å². The molecule has 0 saturated carbocycles. The number of esters is 4. The molecule has 0 saturated heterocycles. The third kappa shape index (κ3) is 56.6. The molecule has 0 bridgehead atoms. The number of nitrogens with one attached hydrogen (secondary N) is 1. The zero-order valence-corrected chi connectivity index (χ0v) is 60.0. The maximum absolute atomic E-state index is 13.2. The average molecular weight is 1300 g/mol. The van der Waals surface area contributed by atoms with Crippen LogP contribution in [-0.2, 0) is 64.1 Å². The van der Waals surface area contributed by atoms with E-state index in [2.05, 4.69) is 111 Å². The summed E-state index contributed by atoms with van der Waals surface area (Å²) in [5.41, 5.74) is 4.84. The maximum Gasteiger partial charge on any atom is 0.306 e. The maximum atomic E-state index is 13.2. The summed E-state index contributed by atoms with van der Waals surface area (Å²) in [5.74, 6) is 0.317. The van der Waals surface area contributed by atoms with Crippen LogP contribution in [0.4, 0.5) is 4.79 Å². The number of aryl methyl sites for hydroxylation is 2. The summed E-state index contributed by atoms with van der Waals surface area (Å²) in [7, 11) is 4.05. The largest absolute Gasteiger partial charge is 0.461 e. The van der Waals surface area contributed by atoms with E-state index in [-0.39, 0.29) is 29.1 Å². The molecule has 0 unspecified atom stereocenters. The van der Waals surface area contributed by atoms with Crippen molar-refractivity contribution in [3.8, 4) is 0 Å². The third-order valence-corrected chi connectivity index (χ3v) is 16.8. The second kappa shape index (κ2) is 64.7. The van der Waals surface area contributed by atoms with Crippen LogP contribution >= 0.6 is 11.8 Å². The van der Waals surface area contributed by atoms with Crippen LogP contribution in [0.5, 0.6) is 0 Å². The number of hydrogen-bond acceptors (Lipinski definition) is 12. The van der Waals surface area contributed by atoms with E-state index < -0.39 is 0 Å². The van der Waals surface area contributed by atoms with Gasteiger partial charge < -0.3 is 34.1 Å². The van der Waals surface area contributed by atoms with E-state index in [0.717, 1.165) is 147 Å². The van der Waals surface area contributed by atoms with Crippen molar-refractivity contribution < 1.29 is 42.9 Å². The van der Waals surface area contributed by atoms with Gasteiger partial charge >= 0.3 is 23.9 Å². The summed E-state index contributed by atoms with van der Waals surface area (Å²) in [4.78, 5) is 65.1. The number of allylic oxidation sites excluding steroid dienone is 4. The first kappa shape index (κ1) is 85.0. The second-order valence-corrected chi connectivity index (χ2v) is 26.0. The van der Waals surface area contributed by atoms with Gasteiger partial charge in [0, 0.05) is 57.6 Å². The summed E-state index contributed by atoms with van der Waals surface area (Å²) < 4.78 is 21.3. The Labute approximate surface area is 566 Å². The van der Waals surface area contributed by atoms with Gasteiger partial charge in [0.2, 0.25) is 0 Å². The van der Waals surface area contributed by atoms with Gasteiger partial charge in [-0.05, 0) is 146 Å². The van der Waals surface area contributed by atoms with Crippen LogP contribution in [0.1, 0.15) is 281 Å². The molecule has 0 spiro atoms. The zero-order chi connectivity index (χ0) is 66.8. The van der Waals surface area contributed by atoms with Crippen LogP contribution in [-0.4, -0.2) is 105 Å². The lowest BCUT2D eigenvalue weighted by molar-refractivity contribution is -0.143. The second-order valence-electron chi connectivity index (χ2n) is 24.9. The molecule has 522 valence electrons. The van der Waals surface area contributed by atoms with Gasteiger partial charge in [-0.15, -0.1) is 0 Å². The molecule has 0 aliphatic carbocycles. The molecule has 2 aromatic rings. The summed E-state index contributed by atoms with van der Waals surface area (Å²) in [6.45, 7) is 14.4. The van der Waals surface area contributed by atoms with E-state index in [9.17, 15) is 24.0 Å². The number of unbranched alkanes of at least 4 members (excludes halogenated alkanes) is 24. The molecule has 0 radical (unpaired) electrons. The van der Waals surface area contributed by atoms with Crippen LogP contribution in [0.2, 0.25) is 0 Å². The number of hydrogen-bond donors (Lipinski definition) is 1. The van der Waals surface area contributed by atoms with Crippen molar-refractivity contribution in [3.05, 3.63) is 119 Å². The Morgan fingerprint density at radius 1 is 0.380 bits per heavy atom. The van der Waals surface area contributed by atoms with Crippen LogP contribution in [0.25, 0.3) is 0 Å². The number of benzene rings is 2. The van der Waals surface area contributed by atoms with Crippen LogP contribution < -0.4 is 5.32 Å². The third-order valence-electron chi connectivity index (χ3n) is 15.9. The zero-order valence-electron chi connectivity index (χ0n) is 59.2. The van der Waals surface area contributed by atoms with Crippen molar-refractivity contribution in [1.82, 2.24) is 15.1 Å². The molecule has 92 heavy (non-hydrogen) atoms. The summed E-state index contributed by atoms with van der Waals surface area (Å²) in [5, 5.41) is 3.65. The summed E-state index contributed by atoms with van der Waals surface area (Å²) in [6.07, 6.45) is 56.1. The summed E-state index contributed by atoms with van der Waals surface area (Å²) in [6, 6.07) is 17.1. The number of carbonyl (C=O) groups is 5. The molecule has 0 aromatic heterocycles. The van der Waals surface area contributed by atoms with Gasteiger partial charge in [0.05, 0.1) is 0 Å². The number of amides is 1. The minimum Gasteiger partial charge on any atom is -0.461 e. The minimum atomic E-state index is -0.146. The van der Waals surface area contributed by atoms with Crippen molar-refractivity contribution in [2.75, 3.05) is 65.9 Å². The lowest BCUT2D eigenvalue weighted by Crippen LogP contribution is -2.29.